The number of amides is 3. The average molecular weight is 625 g/mol. The summed E-state index contributed by atoms with van der Waals surface area (Å²) in [6.07, 6.45) is 1.57. The number of hydrogen-bond acceptors (Lipinski definition) is 7. The fourth-order valence-electron chi connectivity index (χ4n) is 4.19. The minimum absolute atomic E-state index is 0.0290. The largest absolute Gasteiger partial charge is 0.493 e. The van der Waals surface area contributed by atoms with E-state index in [4.69, 9.17) is 4.74 Å². The first-order valence-electron chi connectivity index (χ1n) is 14.1. The van der Waals surface area contributed by atoms with Gasteiger partial charge in [-0.1, -0.05) is 36.4 Å². The fraction of sp³-hybridized carbons (Fsp3) is 0.147. The van der Waals surface area contributed by atoms with E-state index in [-0.39, 0.29) is 17.3 Å². The van der Waals surface area contributed by atoms with Gasteiger partial charge in [0, 0.05) is 39.5 Å². The summed E-state index contributed by atoms with van der Waals surface area (Å²) in [5.74, 6) is -0.654. The fourth-order valence-corrected chi connectivity index (χ4v) is 5.06. The molecule has 3 amide bonds. The molecule has 0 aliphatic heterocycles. The van der Waals surface area contributed by atoms with E-state index in [1.807, 2.05) is 19.1 Å². The Balaban J connectivity index is 1.45. The maximum absolute atomic E-state index is 13.4. The maximum atomic E-state index is 13.4. The van der Waals surface area contributed by atoms with Crippen molar-refractivity contribution in [3.63, 3.8) is 0 Å². The van der Waals surface area contributed by atoms with Crippen LogP contribution < -0.4 is 20.7 Å². The lowest BCUT2D eigenvalue weighted by Gasteiger charge is -2.15. The van der Waals surface area contributed by atoms with E-state index in [9.17, 15) is 24.5 Å². The molecule has 0 saturated heterocycles. The number of nitrogens with one attached hydrogen (secondary N) is 3. The number of carbonyl (C=O) groups is 3. The van der Waals surface area contributed by atoms with Crippen LogP contribution in [0.4, 0.5) is 17.1 Å². The SMILES string of the molecule is CCOc1ccccc1/C=C(\NC(=O)c1ccccc1)C(=O)Nc1ccc(SC(C)C(=O)Nc2ccc([N+](=O)[O-])cc2C)cc1. The molecule has 1 unspecified atom stereocenters. The van der Waals surface area contributed by atoms with Gasteiger partial charge in [0.05, 0.1) is 16.8 Å². The van der Waals surface area contributed by atoms with Gasteiger partial charge in [-0.05, 0) is 80.9 Å². The highest BCUT2D eigenvalue weighted by Crippen LogP contribution is 2.28. The van der Waals surface area contributed by atoms with Crippen molar-refractivity contribution in [2.24, 2.45) is 0 Å². The van der Waals surface area contributed by atoms with Crippen molar-refractivity contribution in [2.45, 2.75) is 30.9 Å². The normalized spacial score (nSPS) is 11.7. The minimum atomic E-state index is -0.530. The summed E-state index contributed by atoms with van der Waals surface area (Å²) in [7, 11) is 0. The quantitative estimate of drug-likeness (QED) is 0.0679. The van der Waals surface area contributed by atoms with Crippen LogP contribution in [-0.2, 0) is 9.59 Å². The number of hydrogen-bond donors (Lipinski definition) is 3. The molecule has 0 aliphatic carbocycles. The molecule has 4 aromatic carbocycles. The summed E-state index contributed by atoms with van der Waals surface area (Å²) in [4.78, 5) is 50.5. The molecule has 10 nitrogen and oxygen atoms in total. The topological polar surface area (TPSA) is 140 Å². The van der Waals surface area contributed by atoms with Crippen LogP contribution in [0.1, 0.15) is 35.3 Å². The number of anilines is 2. The van der Waals surface area contributed by atoms with Crippen LogP contribution in [0.5, 0.6) is 5.75 Å². The third-order valence-corrected chi connectivity index (χ3v) is 7.63. The van der Waals surface area contributed by atoms with Crippen LogP contribution in [-0.4, -0.2) is 34.5 Å². The Labute approximate surface area is 265 Å². The Morgan fingerprint density at radius 1 is 0.933 bits per heavy atom. The number of nitrogens with zero attached hydrogens (tertiary/aromatic N) is 1. The zero-order valence-corrected chi connectivity index (χ0v) is 25.7. The van der Waals surface area contributed by atoms with Gasteiger partial charge < -0.3 is 20.7 Å². The van der Waals surface area contributed by atoms with Crippen LogP contribution >= 0.6 is 11.8 Å². The van der Waals surface area contributed by atoms with Crippen molar-refractivity contribution in [2.75, 3.05) is 17.2 Å². The van der Waals surface area contributed by atoms with Gasteiger partial charge in [-0.15, -0.1) is 11.8 Å². The van der Waals surface area contributed by atoms with Crippen LogP contribution in [0.2, 0.25) is 0 Å². The Morgan fingerprint density at radius 2 is 1.62 bits per heavy atom. The monoisotopic (exact) mass is 624 g/mol. The molecular weight excluding hydrogens is 592 g/mol. The van der Waals surface area contributed by atoms with Gasteiger partial charge in [-0.25, -0.2) is 0 Å². The number of benzene rings is 4. The van der Waals surface area contributed by atoms with Crippen molar-refractivity contribution in [1.29, 1.82) is 0 Å². The molecule has 0 radical (unpaired) electrons. The molecule has 0 bridgehead atoms. The summed E-state index contributed by atoms with van der Waals surface area (Å²) in [6.45, 7) is 5.74. The van der Waals surface area contributed by atoms with E-state index in [0.29, 0.717) is 40.4 Å². The van der Waals surface area contributed by atoms with Gasteiger partial charge >= 0.3 is 0 Å². The van der Waals surface area contributed by atoms with E-state index in [1.165, 1.54) is 30.0 Å². The summed E-state index contributed by atoms with van der Waals surface area (Å²) < 4.78 is 5.70. The van der Waals surface area contributed by atoms with Crippen molar-refractivity contribution in [3.05, 3.63) is 130 Å². The van der Waals surface area contributed by atoms with Crippen LogP contribution in [0, 0.1) is 17.0 Å². The molecule has 0 aromatic heterocycles. The van der Waals surface area contributed by atoms with Crippen LogP contribution in [0.15, 0.2) is 108 Å². The second-order valence-corrected chi connectivity index (χ2v) is 11.2. The number of nitro groups is 1. The summed E-state index contributed by atoms with van der Waals surface area (Å²) >= 11 is 1.32. The Hall–Kier alpha value is -5.42. The summed E-state index contributed by atoms with van der Waals surface area (Å²) in [5.41, 5.74) is 2.59. The second-order valence-electron chi connectivity index (χ2n) is 9.83. The molecule has 0 spiro atoms. The van der Waals surface area contributed by atoms with Crippen molar-refractivity contribution >= 4 is 52.6 Å². The van der Waals surface area contributed by atoms with E-state index in [2.05, 4.69) is 16.0 Å². The number of thioether (sulfide) groups is 1. The van der Waals surface area contributed by atoms with Gasteiger partial charge in [0.1, 0.15) is 11.4 Å². The zero-order valence-electron chi connectivity index (χ0n) is 24.9. The second kappa shape index (κ2) is 15.3. The number of aryl methyl sites for hydroxylation is 1. The van der Waals surface area contributed by atoms with Crippen molar-refractivity contribution < 1.29 is 24.0 Å². The third-order valence-electron chi connectivity index (χ3n) is 6.52. The number of rotatable bonds is 12. The molecule has 0 saturated carbocycles. The van der Waals surface area contributed by atoms with Gasteiger partial charge in [0.25, 0.3) is 17.5 Å². The molecule has 4 rings (SSSR count). The van der Waals surface area contributed by atoms with Crippen molar-refractivity contribution in [1.82, 2.24) is 5.32 Å². The lowest BCUT2D eigenvalue weighted by molar-refractivity contribution is -0.384. The molecule has 0 aliphatic rings. The van der Waals surface area contributed by atoms with Gasteiger partial charge in [-0.2, -0.15) is 0 Å². The van der Waals surface area contributed by atoms with E-state index in [1.54, 1.807) is 86.7 Å². The number of carbonyl (C=O) groups excluding carboxylic acids is 3. The minimum Gasteiger partial charge on any atom is -0.493 e. The maximum Gasteiger partial charge on any atom is 0.272 e. The smallest absolute Gasteiger partial charge is 0.272 e. The molecule has 0 heterocycles. The molecule has 4 aromatic rings. The van der Waals surface area contributed by atoms with Gasteiger partial charge in [0.2, 0.25) is 5.91 Å². The Morgan fingerprint density at radius 3 is 2.29 bits per heavy atom. The standard InChI is InChI=1S/C34H32N4O6S/c1-4-44-31-13-9-8-12-25(31)21-30(37-33(40)24-10-6-5-7-11-24)34(41)35-26-14-17-28(18-15-26)45-23(3)32(39)36-29-19-16-27(38(42)43)20-22(29)2/h5-21,23H,4H2,1-3H3,(H,35,41)(H,36,39)(H,37,40)/b30-21-. The highest BCUT2D eigenvalue weighted by molar-refractivity contribution is 8.00. The third kappa shape index (κ3) is 9.04. The lowest BCUT2D eigenvalue weighted by atomic mass is 10.1. The number of nitro benzene ring substituents is 1. The van der Waals surface area contributed by atoms with E-state index < -0.39 is 22.0 Å². The zero-order chi connectivity index (χ0) is 32.3. The first-order valence-corrected chi connectivity index (χ1v) is 15.0. The molecule has 11 heteroatoms. The number of ether oxygens (including phenoxy) is 1. The highest BCUT2D eigenvalue weighted by atomic mass is 32.2. The molecule has 1 atom stereocenters. The number of para-hydroxylation sites is 1. The average Bonchev–Trinajstić information content (AvgIpc) is 3.03. The van der Waals surface area contributed by atoms with E-state index in [0.717, 1.165) is 4.90 Å². The van der Waals surface area contributed by atoms with Gasteiger partial charge in [0.15, 0.2) is 0 Å². The summed E-state index contributed by atoms with van der Waals surface area (Å²) in [5, 5.41) is 18.9. The molecule has 45 heavy (non-hydrogen) atoms. The van der Waals surface area contributed by atoms with Crippen LogP contribution in [0.25, 0.3) is 6.08 Å². The number of non-ortho nitro benzene ring substituents is 1. The molecule has 230 valence electrons. The van der Waals surface area contributed by atoms with Crippen molar-refractivity contribution in [3.8, 4) is 5.75 Å². The molecule has 3 N–H and O–H groups in total. The molecular formula is C34H32N4O6S. The molecule has 0 fully saturated rings. The van der Waals surface area contributed by atoms with E-state index >= 15 is 0 Å². The predicted molar refractivity (Wildman–Crippen MR) is 176 cm³/mol. The lowest BCUT2D eigenvalue weighted by Crippen LogP contribution is -2.30. The van der Waals surface area contributed by atoms with Crippen LogP contribution in [0.3, 0.4) is 0 Å². The summed E-state index contributed by atoms with van der Waals surface area (Å²) in [6, 6.07) is 27.0. The Bertz CT molecular complexity index is 1720. The highest BCUT2D eigenvalue weighted by Gasteiger charge is 2.18. The first kappa shape index (κ1) is 32.5. The first-order chi connectivity index (χ1) is 21.6. The Kier molecular flexibility index (Phi) is 11.1. The predicted octanol–water partition coefficient (Wildman–Crippen LogP) is 6.83. The van der Waals surface area contributed by atoms with Gasteiger partial charge in [-0.3, -0.25) is 24.5 Å².